The molecule has 0 amide bonds. The van der Waals surface area contributed by atoms with E-state index in [4.69, 9.17) is 9.42 Å². The molecule has 2 nitrogen and oxygen atoms in total. The molecular weight excluding hydrogens is 123 g/mol. The van der Waals surface area contributed by atoms with Crippen LogP contribution in [0.1, 0.15) is 13.8 Å². The normalized spacial score (nSPS) is 11.9. The minimum absolute atomic E-state index is 0.525. The van der Waals surface area contributed by atoms with Crippen molar-refractivity contribution < 1.29 is 9.42 Å². The highest BCUT2D eigenvalue weighted by Crippen LogP contribution is 2.28. The average molecular weight is 132 g/mol. The summed E-state index contributed by atoms with van der Waals surface area (Å²) in [7, 11) is -1.44. The van der Waals surface area contributed by atoms with Gasteiger partial charge in [0.1, 0.15) is 0 Å². The predicted octanol–water partition coefficient (Wildman–Crippen LogP) is 1.31. The van der Waals surface area contributed by atoms with Crippen LogP contribution < -0.4 is 0 Å². The lowest BCUT2D eigenvalue weighted by atomic mass is 10.9. The molecule has 0 heterocycles. The Morgan fingerprint density at radius 2 is 2.38 bits per heavy atom. The second kappa shape index (κ2) is 5.05. The third-order valence-corrected chi connectivity index (χ3v) is 1.38. The Balaban J connectivity index is 3.27. The molecule has 0 rings (SSSR count). The van der Waals surface area contributed by atoms with E-state index < -0.39 is 8.38 Å². The van der Waals surface area contributed by atoms with Crippen LogP contribution in [0.15, 0.2) is 0 Å². The van der Waals surface area contributed by atoms with Crippen LogP contribution in [-0.2, 0) is 4.52 Å². The van der Waals surface area contributed by atoms with E-state index in [0.717, 1.165) is 0 Å². The molecule has 0 bridgehead atoms. The molecule has 1 unspecified atom stereocenters. The maximum atomic E-state index is 8.72. The lowest BCUT2D eigenvalue weighted by Crippen LogP contribution is -1.78. The van der Waals surface area contributed by atoms with Crippen LogP contribution in [0.2, 0.25) is 0 Å². The fourth-order valence-corrected chi connectivity index (χ4v) is 0.751. The molecule has 0 aliphatic carbocycles. The van der Waals surface area contributed by atoms with E-state index in [1.165, 1.54) is 0 Å². The third kappa shape index (κ3) is 4.08. The fourth-order valence-electron chi connectivity index (χ4n) is 0.250. The summed E-state index contributed by atoms with van der Waals surface area (Å²) in [6, 6.07) is 0. The SMILES string of the molecule is CC#CP(O)OCC. The van der Waals surface area contributed by atoms with Gasteiger partial charge in [0.05, 0.1) is 6.61 Å². The van der Waals surface area contributed by atoms with Gasteiger partial charge in [-0.15, -0.1) is 0 Å². The lowest BCUT2D eigenvalue weighted by Gasteiger charge is -1.97. The number of rotatable bonds is 2. The molecule has 0 saturated carbocycles. The lowest BCUT2D eigenvalue weighted by molar-refractivity contribution is 0.338. The van der Waals surface area contributed by atoms with E-state index in [-0.39, 0.29) is 0 Å². The second-order valence-electron chi connectivity index (χ2n) is 1.05. The van der Waals surface area contributed by atoms with Crippen LogP contribution in [-0.4, -0.2) is 11.5 Å². The summed E-state index contributed by atoms with van der Waals surface area (Å²) in [6.45, 7) is 4.02. The zero-order chi connectivity index (χ0) is 6.41. The molecule has 8 heavy (non-hydrogen) atoms. The van der Waals surface area contributed by atoms with E-state index >= 15 is 0 Å². The molecule has 0 saturated heterocycles. The Bertz CT molecular complexity index is 103. The maximum Gasteiger partial charge on any atom is 0.253 e. The Labute approximate surface area is 50.8 Å². The zero-order valence-electron chi connectivity index (χ0n) is 5.01. The largest absolute Gasteiger partial charge is 0.340 e. The van der Waals surface area contributed by atoms with Crippen molar-refractivity contribution in [2.75, 3.05) is 6.61 Å². The van der Waals surface area contributed by atoms with Crippen molar-refractivity contribution in [3.63, 3.8) is 0 Å². The molecule has 0 aromatic carbocycles. The summed E-state index contributed by atoms with van der Waals surface area (Å²) in [5.74, 6) is 2.56. The summed E-state index contributed by atoms with van der Waals surface area (Å²) in [4.78, 5) is 8.72. The maximum absolute atomic E-state index is 8.72. The van der Waals surface area contributed by atoms with Crippen molar-refractivity contribution in [1.82, 2.24) is 0 Å². The first-order chi connectivity index (χ1) is 3.81. The first-order valence-corrected chi connectivity index (χ1v) is 3.56. The van der Waals surface area contributed by atoms with Crippen molar-refractivity contribution >= 4 is 8.38 Å². The van der Waals surface area contributed by atoms with Gasteiger partial charge in [-0.05, 0) is 19.5 Å². The summed E-state index contributed by atoms with van der Waals surface area (Å²) >= 11 is 0. The summed E-state index contributed by atoms with van der Waals surface area (Å²) in [5, 5.41) is 0. The quantitative estimate of drug-likeness (QED) is 0.453. The topological polar surface area (TPSA) is 29.5 Å². The van der Waals surface area contributed by atoms with Crippen LogP contribution in [0.25, 0.3) is 0 Å². The molecule has 0 spiro atoms. The summed E-state index contributed by atoms with van der Waals surface area (Å²) in [5.41, 5.74) is 2.49. The second-order valence-corrected chi connectivity index (χ2v) is 2.08. The fraction of sp³-hybridized carbons (Fsp3) is 0.600. The molecule has 3 heteroatoms. The van der Waals surface area contributed by atoms with Gasteiger partial charge in [-0.1, -0.05) is 5.92 Å². The molecular formula is C5H9O2P. The highest BCUT2D eigenvalue weighted by molar-refractivity contribution is 7.51. The van der Waals surface area contributed by atoms with E-state index in [1.807, 2.05) is 6.92 Å². The first-order valence-electron chi connectivity index (χ1n) is 2.35. The summed E-state index contributed by atoms with van der Waals surface area (Å²) in [6.07, 6.45) is 0. The van der Waals surface area contributed by atoms with Crippen LogP contribution >= 0.6 is 8.38 Å². The van der Waals surface area contributed by atoms with Crippen molar-refractivity contribution in [1.29, 1.82) is 0 Å². The van der Waals surface area contributed by atoms with Gasteiger partial charge >= 0.3 is 0 Å². The van der Waals surface area contributed by atoms with E-state index in [2.05, 4.69) is 11.6 Å². The van der Waals surface area contributed by atoms with E-state index in [1.54, 1.807) is 6.92 Å². The summed E-state index contributed by atoms with van der Waals surface area (Å²) < 4.78 is 4.73. The van der Waals surface area contributed by atoms with Crippen LogP contribution in [0.5, 0.6) is 0 Å². The van der Waals surface area contributed by atoms with E-state index in [9.17, 15) is 0 Å². The Morgan fingerprint density at radius 1 is 1.75 bits per heavy atom. The van der Waals surface area contributed by atoms with Crippen LogP contribution in [0, 0.1) is 11.6 Å². The zero-order valence-corrected chi connectivity index (χ0v) is 5.90. The molecule has 0 aromatic heterocycles. The minimum atomic E-state index is -1.44. The third-order valence-electron chi connectivity index (χ3n) is 0.459. The molecule has 1 atom stereocenters. The van der Waals surface area contributed by atoms with Gasteiger partial charge in [0.15, 0.2) is 0 Å². The van der Waals surface area contributed by atoms with Crippen molar-refractivity contribution in [3.8, 4) is 11.6 Å². The average Bonchev–Trinajstić information content (AvgIpc) is 1.68. The van der Waals surface area contributed by atoms with Gasteiger partial charge in [0.2, 0.25) is 0 Å². The molecule has 0 aliphatic heterocycles. The van der Waals surface area contributed by atoms with Gasteiger partial charge in [-0.2, -0.15) is 0 Å². The Hall–Kier alpha value is -0.0900. The van der Waals surface area contributed by atoms with Gasteiger partial charge in [-0.3, -0.25) is 0 Å². The molecule has 0 fully saturated rings. The van der Waals surface area contributed by atoms with Gasteiger partial charge in [-0.25, -0.2) is 0 Å². The molecule has 0 radical (unpaired) electrons. The Kier molecular flexibility index (Phi) is 5.00. The number of hydrogen-bond acceptors (Lipinski definition) is 2. The van der Waals surface area contributed by atoms with Crippen LogP contribution in [0.4, 0.5) is 0 Å². The van der Waals surface area contributed by atoms with Gasteiger partial charge in [0.25, 0.3) is 8.38 Å². The highest BCUT2D eigenvalue weighted by Gasteiger charge is 1.93. The van der Waals surface area contributed by atoms with Gasteiger partial charge in [0, 0.05) is 0 Å². The van der Waals surface area contributed by atoms with E-state index in [0.29, 0.717) is 6.61 Å². The van der Waals surface area contributed by atoms with Crippen molar-refractivity contribution in [2.45, 2.75) is 13.8 Å². The van der Waals surface area contributed by atoms with Crippen LogP contribution in [0.3, 0.4) is 0 Å². The molecule has 1 N–H and O–H groups in total. The smallest absolute Gasteiger partial charge is 0.253 e. The van der Waals surface area contributed by atoms with Crippen molar-refractivity contribution in [2.24, 2.45) is 0 Å². The Morgan fingerprint density at radius 3 is 2.75 bits per heavy atom. The molecule has 0 aromatic rings. The van der Waals surface area contributed by atoms with Crippen molar-refractivity contribution in [3.05, 3.63) is 0 Å². The first kappa shape index (κ1) is 7.91. The number of hydrogen-bond donors (Lipinski definition) is 1. The molecule has 46 valence electrons. The van der Waals surface area contributed by atoms with Gasteiger partial charge < -0.3 is 9.42 Å². The molecule has 0 aliphatic rings. The standard InChI is InChI=1S/C5H9O2P/c1-3-5-8(6)7-4-2/h6H,4H2,1-2H3. The monoisotopic (exact) mass is 132 g/mol. The minimum Gasteiger partial charge on any atom is -0.340 e. The highest BCUT2D eigenvalue weighted by atomic mass is 31.2. The predicted molar refractivity (Wildman–Crippen MR) is 34.2 cm³/mol.